The molecule has 1 amide bonds. The second-order valence-electron chi connectivity index (χ2n) is 5.32. The van der Waals surface area contributed by atoms with Gasteiger partial charge in [0.1, 0.15) is 5.82 Å². The monoisotopic (exact) mass is 259 g/mol. The summed E-state index contributed by atoms with van der Waals surface area (Å²) in [6.07, 6.45) is 3.56. The van der Waals surface area contributed by atoms with Crippen LogP contribution < -0.4 is 5.32 Å². The lowest BCUT2D eigenvalue weighted by Gasteiger charge is -2.19. The Bertz CT molecular complexity index is 556. The molecule has 0 aliphatic rings. The van der Waals surface area contributed by atoms with Gasteiger partial charge in [-0.1, -0.05) is 0 Å². The Labute approximate surface area is 111 Å². The van der Waals surface area contributed by atoms with Crippen LogP contribution in [0.25, 0.3) is 11.4 Å². The lowest BCUT2D eigenvalue weighted by Crippen LogP contribution is -2.41. The number of nitrogens with one attached hydrogen (secondary N) is 2. The van der Waals surface area contributed by atoms with Crippen LogP contribution in [0.1, 0.15) is 26.6 Å². The molecule has 0 radical (unpaired) electrons. The van der Waals surface area contributed by atoms with E-state index in [-0.39, 0.29) is 17.9 Å². The van der Waals surface area contributed by atoms with Gasteiger partial charge >= 0.3 is 0 Å². The summed E-state index contributed by atoms with van der Waals surface area (Å²) in [7, 11) is 0. The number of pyridine rings is 1. The Kier molecular flexibility index (Phi) is 3.59. The van der Waals surface area contributed by atoms with Gasteiger partial charge in [-0.25, -0.2) is 4.98 Å². The molecule has 2 N–H and O–H groups in total. The van der Waals surface area contributed by atoms with E-state index in [9.17, 15) is 4.79 Å². The van der Waals surface area contributed by atoms with E-state index in [4.69, 9.17) is 0 Å². The number of amides is 1. The van der Waals surface area contributed by atoms with Crippen LogP contribution in [0.4, 0.5) is 0 Å². The summed E-state index contributed by atoms with van der Waals surface area (Å²) in [5, 5.41) is 9.73. The van der Waals surface area contributed by atoms with Gasteiger partial charge in [0.25, 0.3) is 0 Å². The number of hydrogen-bond donors (Lipinski definition) is 2. The van der Waals surface area contributed by atoms with E-state index in [1.54, 1.807) is 12.4 Å². The van der Waals surface area contributed by atoms with E-state index in [1.165, 1.54) is 0 Å². The fraction of sp³-hybridized carbons (Fsp3) is 0.385. The van der Waals surface area contributed by atoms with Gasteiger partial charge in [-0.05, 0) is 32.9 Å². The molecule has 0 aliphatic heterocycles. The molecule has 19 heavy (non-hydrogen) atoms. The number of aromatic amines is 1. The minimum atomic E-state index is -0.247. The van der Waals surface area contributed by atoms with Crippen molar-refractivity contribution in [2.24, 2.45) is 0 Å². The second kappa shape index (κ2) is 5.17. The van der Waals surface area contributed by atoms with E-state index in [0.29, 0.717) is 11.6 Å². The Morgan fingerprint density at radius 1 is 1.42 bits per heavy atom. The highest BCUT2D eigenvalue weighted by atomic mass is 16.1. The molecule has 2 aromatic rings. The van der Waals surface area contributed by atoms with Crippen LogP contribution in [-0.2, 0) is 11.2 Å². The number of rotatable bonds is 3. The van der Waals surface area contributed by atoms with Crippen molar-refractivity contribution in [1.29, 1.82) is 0 Å². The Morgan fingerprint density at radius 2 is 2.21 bits per heavy atom. The Morgan fingerprint density at radius 3 is 2.84 bits per heavy atom. The van der Waals surface area contributed by atoms with E-state index in [1.807, 2.05) is 32.9 Å². The van der Waals surface area contributed by atoms with Gasteiger partial charge in [0.2, 0.25) is 5.91 Å². The Balaban J connectivity index is 2.04. The predicted octanol–water partition coefficient (Wildman–Crippen LogP) is 1.32. The summed E-state index contributed by atoms with van der Waals surface area (Å²) in [5.41, 5.74) is 0.574. The highest BCUT2D eigenvalue weighted by Crippen LogP contribution is 2.12. The summed E-state index contributed by atoms with van der Waals surface area (Å²) >= 11 is 0. The van der Waals surface area contributed by atoms with Crippen LogP contribution >= 0.6 is 0 Å². The van der Waals surface area contributed by atoms with Crippen molar-refractivity contribution in [3.8, 4) is 11.4 Å². The molecule has 0 atom stereocenters. The minimum Gasteiger partial charge on any atom is -0.351 e. The van der Waals surface area contributed by atoms with Crippen LogP contribution in [0, 0.1) is 0 Å². The summed E-state index contributed by atoms with van der Waals surface area (Å²) in [6, 6.07) is 3.69. The quantitative estimate of drug-likeness (QED) is 0.870. The maximum Gasteiger partial charge on any atom is 0.228 e. The average Bonchev–Trinajstić information content (AvgIpc) is 2.76. The lowest BCUT2D eigenvalue weighted by atomic mass is 10.1. The maximum atomic E-state index is 11.8. The fourth-order valence-electron chi connectivity index (χ4n) is 1.61. The smallest absolute Gasteiger partial charge is 0.228 e. The summed E-state index contributed by atoms with van der Waals surface area (Å²) in [5.74, 6) is 1.01. The molecule has 0 spiro atoms. The lowest BCUT2D eigenvalue weighted by molar-refractivity contribution is -0.121. The third kappa shape index (κ3) is 3.87. The van der Waals surface area contributed by atoms with Crippen molar-refractivity contribution in [2.75, 3.05) is 0 Å². The first kappa shape index (κ1) is 13.2. The number of aromatic nitrogens is 4. The predicted molar refractivity (Wildman–Crippen MR) is 71.2 cm³/mol. The molecule has 2 aromatic heterocycles. The zero-order valence-electron chi connectivity index (χ0n) is 11.3. The summed E-state index contributed by atoms with van der Waals surface area (Å²) < 4.78 is 0. The van der Waals surface area contributed by atoms with Crippen molar-refractivity contribution < 1.29 is 4.79 Å². The van der Waals surface area contributed by atoms with Gasteiger partial charge < -0.3 is 5.32 Å². The molecule has 0 aromatic carbocycles. The van der Waals surface area contributed by atoms with Crippen molar-refractivity contribution in [3.05, 3.63) is 30.4 Å². The van der Waals surface area contributed by atoms with Crippen molar-refractivity contribution in [1.82, 2.24) is 25.5 Å². The molecule has 0 bridgehead atoms. The molecule has 0 saturated heterocycles. The van der Waals surface area contributed by atoms with Gasteiger partial charge in [-0.2, -0.15) is 5.10 Å². The van der Waals surface area contributed by atoms with Crippen LogP contribution in [0.15, 0.2) is 24.5 Å². The number of carbonyl (C=O) groups excluding carboxylic acids is 1. The van der Waals surface area contributed by atoms with Crippen LogP contribution in [0.3, 0.4) is 0 Å². The molecule has 100 valence electrons. The van der Waals surface area contributed by atoms with Crippen molar-refractivity contribution in [3.63, 3.8) is 0 Å². The minimum absolute atomic E-state index is 0.0820. The molecule has 6 heteroatoms. The molecule has 2 heterocycles. The van der Waals surface area contributed by atoms with Gasteiger partial charge in [-0.15, -0.1) is 0 Å². The van der Waals surface area contributed by atoms with E-state index < -0.39 is 0 Å². The summed E-state index contributed by atoms with van der Waals surface area (Å²) in [6.45, 7) is 5.81. The van der Waals surface area contributed by atoms with Crippen LogP contribution in [0.5, 0.6) is 0 Å². The molecule has 0 saturated carbocycles. The van der Waals surface area contributed by atoms with Gasteiger partial charge in [-0.3, -0.25) is 14.9 Å². The number of nitrogens with zero attached hydrogens (tertiary/aromatic N) is 3. The van der Waals surface area contributed by atoms with E-state index in [0.717, 1.165) is 5.56 Å². The molecule has 0 aliphatic carbocycles. The van der Waals surface area contributed by atoms with Crippen molar-refractivity contribution in [2.45, 2.75) is 32.7 Å². The first-order valence-electron chi connectivity index (χ1n) is 6.07. The standard InChI is InChI=1S/C13H17N5O/c1-13(2,3)16-11(19)7-10-15-12(18-17-10)9-5-4-6-14-8-9/h4-6,8H,7H2,1-3H3,(H,16,19)(H,15,17,18). The molecular weight excluding hydrogens is 242 g/mol. The first-order chi connectivity index (χ1) is 8.94. The number of carbonyl (C=O) groups is 1. The third-order valence-corrected chi connectivity index (χ3v) is 2.29. The number of H-pyrrole nitrogens is 1. The van der Waals surface area contributed by atoms with Crippen LogP contribution in [-0.4, -0.2) is 31.6 Å². The van der Waals surface area contributed by atoms with Gasteiger partial charge in [0.05, 0.1) is 6.42 Å². The molecule has 0 unspecified atom stereocenters. The molecular formula is C13H17N5O. The highest BCUT2D eigenvalue weighted by Gasteiger charge is 2.15. The summed E-state index contributed by atoms with van der Waals surface area (Å²) in [4.78, 5) is 20.1. The van der Waals surface area contributed by atoms with E-state index >= 15 is 0 Å². The third-order valence-electron chi connectivity index (χ3n) is 2.29. The fourth-order valence-corrected chi connectivity index (χ4v) is 1.61. The highest BCUT2D eigenvalue weighted by molar-refractivity contribution is 5.78. The van der Waals surface area contributed by atoms with Gasteiger partial charge in [0.15, 0.2) is 5.82 Å². The molecule has 0 fully saturated rings. The zero-order valence-corrected chi connectivity index (χ0v) is 11.3. The molecule has 6 nitrogen and oxygen atoms in total. The first-order valence-corrected chi connectivity index (χ1v) is 6.07. The SMILES string of the molecule is CC(C)(C)NC(=O)Cc1nc(-c2cccnc2)n[nH]1. The van der Waals surface area contributed by atoms with E-state index in [2.05, 4.69) is 25.5 Å². The number of hydrogen-bond acceptors (Lipinski definition) is 4. The van der Waals surface area contributed by atoms with Crippen molar-refractivity contribution >= 4 is 5.91 Å². The van der Waals surface area contributed by atoms with Gasteiger partial charge in [0, 0.05) is 23.5 Å². The zero-order chi connectivity index (χ0) is 13.9. The Hall–Kier alpha value is -2.24. The average molecular weight is 259 g/mol. The maximum absolute atomic E-state index is 11.8. The molecule has 2 rings (SSSR count). The normalized spacial score (nSPS) is 11.3. The van der Waals surface area contributed by atoms with Crippen LogP contribution in [0.2, 0.25) is 0 Å². The largest absolute Gasteiger partial charge is 0.351 e. The topological polar surface area (TPSA) is 83.6 Å². The second-order valence-corrected chi connectivity index (χ2v) is 5.32.